The highest BCUT2D eigenvalue weighted by Gasteiger charge is 2.15. The molecule has 5 nitrogen and oxygen atoms in total. The first-order valence-corrected chi connectivity index (χ1v) is 9.32. The van der Waals surface area contributed by atoms with Crippen molar-refractivity contribution >= 4 is 6.03 Å². The monoisotopic (exact) mass is 369 g/mol. The van der Waals surface area contributed by atoms with Crippen LogP contribution in [0.2, 0.25) is 0 Å². The highest BCUT2D eigenvalue weighted by Crippen LogP contribution is 2.17. The molecule has 0 aromatic heterocycles. The molecule has 1 aromatic rings. The molecule has 1 aliphatic heterocycles. The first-order chi connectivity index (χ1) is 12.5. The maximum atomic E-state index is 13.6. The first kappa shape index (κ1) is 20.6. The molecule has 26 heavy (non-hydrogen) atoms. The number of hydrogen-bond acceptors (Lipinski definition) is 3. The van der Waals surface area contributed by atoms with E-state index in [0.29, 0.717) is 12.6 Å². The fourth-order valence-corrected chi connectivity index (χ4v) is 3.08. The fourth-order valence-electron chi connectivity index (χ4n) is 3.08. The van der Waals surface area contributed by atoms with E-state index < -0.39 is 23.8 Å². The van der Waals surface area contributed by atoms with E-state index in [1.54, 1.807) is 0 Å². The Kier molecular flexibility index (Phi) is 8.25. The topological polar surface area (TPSA) is 64.6 Å². The number of aliphatic hydroxyl groups excluding tert-OH is 1. The lowest BCUT2D eigenvalue weighted by atomic mass is 9.99. The zero-order chi connectivity index (χ0) is 18.9. The number of unbranched alkanes of at least 4 members (excludes halogenated alkanes) is 1. The van der Waals surface area contributed by atoms with Crippen LogP contribution in [0.15, 0.2) is 18.2 Å². The van der Waals surface area contributed by atoms with Gasteiger partial charge < -0.3 is 20.6 Å². The summed E-state index contributed by atoms with van der Waals surface area (Å²) < 4.78 is 26.4. The zero-order valence-corrected chi connectivity index (χ0v) is 15.3. The van der Waals surface area contributed by atoms with Gasteiger partial charge in [0.25, 0.3) is 0 Å². The Hall–Kier alpha value is -1.73. The molecule has 1 heterocycles. The maximum Gasteiger partial charge on any atom is 0.314 e. The Morgan fingerprint density at radius 1 is 1.27 bits per heavy atom. The van der Waals surface area contributed by atoms with Crippen LogP contribution in [0, 0.1) is 17.6 Å². The van der Waals surface area contributed by atoms with E-state index in [0.717, 1.165) is 44.5 Å². The van der Waals surface area contributed by atoms with E-state index in [1.165, 1.54) is 18.9 Å². The third-order valence-electron chi connectivity index (χ3n) is 4.84. The number of halogens is 2. The number of likely N-dealkylation sites (tertiary alicyclic amines) is 1. The molecule has 3 N–H and O–H groups in total. The maximum absolute atomic E-state index is 13.6. The molecule has 0 saturated carbocycles. The summed E-state index contributed by atoms with van der Waals surface area (Å²) in [5.74, 6) is -0.703. The molecule has 2 amide bonds. The average Bonchev–Trinajstić information content (AvgIpc) is 2.61. The van der Waals surface area contributed by atoms with E-state index in [9.17, 15) is 18.7 Å². The predicted molar refractivity (Wildman–Crippen MR) is 96.8 cm³/mol. The molecule has 0 spiro atoms. The molecule has 2 rings (SSSR count). The van der Waals surface area contributed by atoms with Crippen molar-refractivity contribution in [1.82, 2.24) is 15.5 Å². The number of carbonyl (C=O) groups excluding carboxylic acids is 1. The van der Waals surface area contributed by atoms with E-state index in [4.69, 9.17) is 0 Å². The molecule has 1 aliphatic rings. The zero-order valence-electron chi connectivity index (χ0n) is 15.3. The molecule has 146 valence electrons. The summed E-state index contributed by atoms with van der Waals surface area (Å²) in [5.41, 5.74) is -0.0393. The number of benzene rings is 1. The second-order valence-corrected chi connectivity index (χ2v) is 7.05. The predicted octanol–water partition coefficient (Wildman–Crippen LogP) is 2.81. The number of nitrogens with one attached hydrogen (secondary N) is 2. The molecule has 0 aliphatic carbocycles. The van der Waals surface area contributed by atoms with Crippen molar-refractivity contribution < 1.29 is 18.7 Å². The van der Waals surface area contributed by atoms with Crippen molar-refractivity contribution in [3.8, 4) is 0 Å². The minimum Gasteiger partial charge on any atom is -0.386 e. The summed E-state index contributed by atoms with van der Waals surface area (Å²) in [5, 5.41) is 15.1. The van der Waals surface area contributed by atoms with Crippen LogP contribution < -0.4 is 10.6 Å². The number of amides is 2. The standard InChI is InChI=1S/C19H29F2N3O2/c1-14-6-10-24(11-7-14)9-3-2-8-22-19(26)23-13-18(25)16-5-4-15(20)12-17(16)21/h4-5,12,14,18,25H,2-3,6-11,13H2,1H3,(H2,22,23,26). The largest absolute Gasteiger partial charge is 0.386 e. The van der Waals surface area contributed by atoms with Gasteiger partial charge in [0, 0.05) is 24.7 Å². The normalized spacial score (nSPS) is 17.1. The van der Waals surface area contributed by atoms with Gasteiger partial charge >= 0.3 is 6.03 Å². The van der Waals surface area contributed by atoms with Crippen LogP contribution in [0.1, 0.15) is 44.3 Å². The lowest BCUT2D eigenvalue weighted by Crippen LogP contribution is -2.38. The van der Waals surface area contributed by atoms with Crippen molar-refractivity contribution in [3.63, 3.8) is 0 Å². The van der Waals surface area contributed by atoms with E-state index in [-0.39, 0.29) is 12.1 Å². The van der Waals surface area contributed by atoms with Gasteiger partial charge in [-0.1, -0.05) is 13.0 Å². The van der Waals surface area contributed by atoms with Gasteiger partial charge in [0.05, 0.1) is 6.10 Å². The molecule has 1 saturated heterocycles. The summed E-state index contributed by atoms with van der Waals surface area (Å²) in [6, 6.07) is 2.56. The summed E-state index contributed by atoms with van der Waals surface area (Å²) in [4.78, 5) is 14.2. The molecular formula is C19H29F2N3O2. The minimum atomic E-state index is -1.22. The molecule has 1 unspecified atom stereocenters. The Bertz CT molecular complexity index is 578. The Morgan fingerprint density at radius 3 is 2.69 bits per heavy atom. The van der Waals surface area contributed by atoms with Crippen molar-refractivity contribution in [1.29, 1.82) is 0 Å². The second-order valence-electron chi connectivity index (χ2n) is 7.05. The number of urea groups is 1. The van der Waals surface area contributed by atoms with E-state index in [2.05, 4.69) is 22.5 Å². The lowest BCUT2D eigenvalue weighted by molar-refractivity contribution is 0.168. The number of piperidine rings is 1. The van der Waals surface area contributed by atoms with Crippen molar-refractivity contribution in [3.05, 3.63) is 35.4 Å². The van der Waals surface area contributed by atoms with Crippen LogP contribution in [0.25, 0.3) is 0 Å². The molecule has 1 atom stereocenters. The van der Waals surface area contributed by atoms with Crippen LogP contribution in [-0.2, 0) is 0 Å². The highest BCUT2D eigenvalue weighted by atomic mass is 19.1. The van der Waals surface area contributed by atoms with Crippen LogP contribution in [0.4, 0.5) is 13.6 Å². The van der Waals surface area contributed by atoms with Gasteiger partial charge in [-0.3, -0.25) is 0 Å². The summed E-state index contributed by atoms with van der Waals surface area (Å²) in [6.07, 6.45) is 3.21. The van der Waals surface area contributed by atoms with Crippen molar-refractivity contribution in [2.45, 2.75) is 38.7 Å². The molecule has 0 radical (unpaired) electrons. The second kappa shape index (κ2) is 10.4. The van der Waals surface area contributed by atoms with Gasteiger partial charge in [-0.25, -0.2) is 13.6 Å². The smallest absolute Gasteiger partial charge is 0.314 e. The van der Waals surface area contributed by atoms with Crippen molar-refractivity contribution in [2.75, 3.05) is 32.7 Å². The molecule has 0 bridgehead atoms. The van der Waals surface area contributed by atoms with E-state index in [1.807, 2.05) is 0 Å². The quantitative estimate of drug-likeness (QED) is 0.618. The fraction of sp³-hybridized carbons (Fsp3) is 0.632. The first-order valence-electron chi connectivity index (χ1n) is 9.32. The molecular weight excluding hydrogens is 340 g/mol. The molecule has 1 aromatic carbocycles. The van der Waals surface area contributed by atoms with Crippen LogP contribution in [0.5, 0.6) is 0 Å². The van der Waals surface area contributed by atoms with Gasteiger partial charge in [-0.2, -0.15) is 0 Å². The number of rotatable bonds is 8. The number of hydrogen-bond donors (Lipinski definition) is 3. The van der Waals surface area contributed by atoms with Crippen LogP contribution in [0.3, 0.4) is 0 Å². The van der Waals surface area contributed by atoms with Gasteiger partial charge in [0.15, 0.2) is 0 Å². The average molecular weight is 369 g/mol. The number of nitrogens with zero attached hydrogens (tertiary/aromatic N) is 1. The van der Waals surface area contributed by atoms with Crippen molar-refractivity contribution in [2.24, 2.45) is 5.92 Å². The molecule has 1 fully saturated rings. The van der Waals surface area contributed by atoms with E-state index >= 15 is 0 Å². The van der Waals surface area contributed by atoms with Gasteiger partial charge in [0.2, 0.25) is 0 Å². The summed E-state index contributed by atoms with van der Waals surface area (Å²) >= 11 is 0. The third-order valence-corrected chi connectivity index (χ3v) is 4.84. The van der Waals surface area contributed by atoms with Gasteiger partial charge in [-0.05, 0) is 57.3 Å². The molecule has 7 heteroatoms. The van der Waals surface area contributed by atoms with Crippen LogP contribution in [-0.4, -0.2) is 48.8 Å². The third kappa shape index (κ3) is 6.88. The Labute approximate surface area is 153 Å². The number of aliphatic hydroxyl groups is 1. The summed E-state index contributed by atoms with van der Waals surface area (Å²) in [6.45, 7) is 6.08. The SMILES string of the molecule is CC1CCN(CCCCNC(=O)NCC(O)c2ccc(F)cc2F)CC1. The minimum absolute atomic E-state index is 0.0393. The summed E-state index contributed by atoms with van der Waals surface area (Å²) in [7, 11) is 0. The highest BCUT2D eigenvalue weighted by molar-refractivity contribution is 5.73. The van der Waals surface area contributed by atoms with Crippen LogP contribution >= 0.6 is 0 Å². The Balaban J connectivity index is 1.56. The van der Waals surface area contributed by atoms with Gasteiger partial charge in [-0.15, -0.1) is 0 Å². The number of carbonyl (C=O) groups is 1. The van der Waals surface area contributed by atoms with Gasteiger partial charge in [0.1, 0.15) is 11.6 Å². The lowest BCUT2D eigenvalue weighted by Gasteiger charge is -2.30. The Morgan fingerprint density at radius 2 is 2.00 bits per heavy atom.